The fraction of sp³-hybridized carbons (Fsp3) is 0.333. The van der Waals surface area contributed by atoms with Gasteiger partial charge in [0.05, 0.1) is 0 Å². The molecule has 1 unspecified atom stereocenters. The Balaban J connectivity index is 2.26. The quantitative estimate of drug-likeness (QED) is 0.785. The first-order chi connectivity index (χ1) is 10.1. The zero-order chi connectivity index (χ0) is 15.2. The van der Waals surface area contributed by atoms with E-state index >= 15 is 0 Å². The molecule has 2 aromatic rings. The lowest BCUT2D eigenvalue weighted by atomic mass is 9.96. The number of hydrogen-bond donors (Lipinski definition) is 1. The zero-order valence-electron chi connectivity index (χ0n) is 12.5. The first kappa shape index (κ1) is 16.0. The standard InChI is InChI=1S/C18H21ClFN/c1-3-10-21-18(16-6-4-5-7-17(16)19)12-14-8-9-15(20)11-13(14)2/h4-9,11,18,21H,3,10,12H2,1-2H3. The molecule has 112 valence electrons. The van der Waals surface area contributed by atoms with E-state index in [2.05, 4.69) is 18.3 Å². The van der Waals surface area contributed by atoms with Gasteiger partial charge in [-0.05, 0) is 61.2 Å². The van der Waals surface area contributed by atoms with Crippen LogP contribution in [0.2, 0.25) is 5.02 Å². The van der Waals surface area contributed by atoms with Crippen LogP contribution < -0.4 is 5.32 Å². The molecule has 0 saturated heterocycles. The van der Waals surface area contributed by atoms with Crippen LogP contribution in [-0.4, -0.2) is 6.54 Å². The summed E-state index contributed by atoms with van der Waals surface area (Å²) in [6.07, 6.45) is 1.86. The Bertz CT molecular complexity index is 598. The van der Waals surface area contributed by atoms with Crippen LogP contribution in [0, 0.1) is 12.7 Å². The van der Waals surface area contributed by atoms with Gasteiger partial charge in [-0.1, -0.05) is 42.8 Å². The summed E-state index contributed by atoms with van der Waals surface area (Å²) in [4.78, 5) is 0. The minimum absolute atomic E-state index is 0.141. The van der Waals surface area contributed by atoms with E-state index < -0.39 is 0 Å². The van der Waals surface area contributed by atoms with E-state index in [4.69, 9.17) is 11.6 Å². The van der Waals surface area contributed by atoms with Crippen LogP contribution in [0.5, 0.6) is 0 Å². The Labute approximate surface area is 131 Å². The molecule has 3 heteroatoms. The molecule has 1 atom stereocenters. The van der Waals surface area contributed by atoms with Crippen molar-refractivity contribution in [3.8, 4) is 0 Å². The SMILES string of the molecule is CCCNC(Cc1ccc(F)cc1C)c1ccccc1Cl. The van der Waals surface area contributed by atoms with Gasteiger partial charge in [-0.3, -0.25) is 0 Å². The maximum absolute atomic E-state index is 13.2. The van der Waals surface area contributed by atoms with Crippen LogP contribution in [0.25, 0.3) is 0 Å². The molecule has 0 heterocycles. The second-order valence-corrected chi connectivity index (χ2v) is 5.71. The fourth-order valence-electron chi connectivity index (χ4n) is 2.48. The highest BCUT2D eigenvalue weighted by Crippen LogP contribution is 2.26. The maximum atomic E-state index is 13.2. The van der Waals surface area contributed by atoms with Crippen molar-refractivity contribution in [1.29, 1.82) is 0 Å². The summed E-state index contributed by atoms with van der Waals surface area (Å²) in [7, 11) is 0. The summed E-state index contributed by atoms with van der Waals surface area (Å²) in [6.45, 7) is 5.01. The van der Waals surface area contributed by atoms with E-state index in [0.717, 1.165) is 41.1 Å². The molecule has 0 bridgehead atoms. The molecular formula is C18H21ClFN. The highest BCUT2D eigenvalue weighted by Gasteiger charge is 2.15. The largest absolute Gasteiger partial charge is 0.310 e. The summed E-state index contributed by atoms with van der Waals surface area (Å²) in [5, 5.41) is 4.31. The van der Waals surface area contributed by atoms with E-state index in [1.54, 1.807) is 6.07 Å². The Morgan fingerprint density at radius 1 is 1.19 bits per heavy atom. The number of nitrogens with one attached hydrogen (secondary N) is 1. The van der Waals surface area contributed by atoms with Crippen molar-refractivity contribution in [2.75, 3.05) is 6.54 Å². The summed E-state index contributed by atoms with van der Waals surface area (Å²) < 4.78 is 13.2. The fourth-order valence-corrected chi connectivity index (χ4v) is 2.74. The van der Waals surface area contributed by atoms with Gasteiger partial charge in [0, 0.05) is 11.1 Å². The van der Waals surface area contributed by atoms with E-state index in [-0.39, 0.29) is 11.9 Å². The van der Waals surface area contributed by atoms with Crippen LogP contribution in [0.1, 0.15) is 36.1 Å². The minimum Gasteiger partial charge on any atom is -0.310 e. The summed E-state index contributed by atoms with van der Waals surface area (Å²) >= 11 is 6.33. The Morgan fingerprint density at radius 3 is 2.62 bits per heavy atom. The van der Waals surface area contributed by atoms with E-state index in [1.165, 1.54) is 6.07 Å². The van der Waals surface area contributed by atoms with Crippen molar-refractivity contribution in [3.05, 3.63) is 70.0 Å². The van der Waals surface area contributed by atoms with Crippen LogP contribution >= 0.6 is 11.6 Å². The molecule has 0 aliphatic heterocycles. The molecule has 0 saturated carbocycles. The van der Waals surface area contributed by atoms with Crippen molar-refractivity contribution in [1.82, 2.24) is 5.32 Å². The van der Waals surface area contributed by atoms with Crippen LogP contribution in [0.15, 0.2) is 42.5 Å². The Kier molecular flexibility index (Phi) is 5.77. The van der Waals surface area contributed by atoms with Crippen LogP contribution in [-0.2, 0) is 6.42 Å². The van der Waals surface area contributed by atoms with Crippen molar-refractivity contribution in [3.63, 3.8) is 0 Å². The second-order valence-electron chi connectivity index (χ2n) is 5.30. The molecule has 0 fully saturated rings. The number of halogens is 2. The van der Waals surface area contributed by atoms with Crippen molar-refractivity contribution in [2.24, 2.45) is 0 Å². The third kappa shape index (κ3) is 4.29. The van der Waals surface area contributed by atoms with Gasteiger partial charge in [-0.2, -0.15) is 0 Å². The molecular weight excluding hydrogens is 285 g/mol. The van der Waals surface area contributed by atoms with E-state index in [9.17, 15) is 4.39 Å². The molecule has 0 aromatic heterocycles. The number of benzene rings is 2. The summed E-state index contributed by atoms with van der Waals surface area (Å²) in [6, 6.07) is 13.0. The second kappa shape index (κ2) is 7.58. The molecule has 0 radical (unpaired) electrons. The zero-order valence-corrected chi connectivity index (χ0v) is 13.3. The molecule has 0 aliphatic rings. The van der Waals surface area contributed by atoms with Crippen LogP contribution in [0.3, 0.4) is 0 Å². The lowest BCUT2D eigenvalue weighted by Crippen LogP contribution is -2.24. The predicted molar refractivity (Wildman–Crippen MR) is 87.3 cm³/mol. The molecule has 0 spiro atoms. The molecule has 2 rings (SSSR count). The summed E-state index contributed by atoms with van der Waals surface area (Å²) in [5.41, 5.74) is 3.21. The van der Waals surface area contributed by atoms with Gasteiger partial charge in [0.1, 0.15) is 5.82 Å². The van der Waals surface area contributed by atoms with Gasteiger partial charge < -0.3 is 5.32 Å². The predicted octanol–water partition coefficient (Wildman–Crippen LogP) is 5.07. The third-order valence-corrected chi connectivity index (χ3v) is 3.99. The molecule has 1 N–H and O–H groups in total. The van der Waals surface area contributed by atoms with Gasteiger partial charge >= 0.3 is 0 Å². The number of hydrogen-bond acceptors (Lipinski definition) is 1. The number of rotatable bonds is 6. The topological polar surface area (TPSA) is 12.0 Å². The van der Waals surface area contributed by atoms with E-state index in [1.807, 2.05) is 31.2 Å². The first-order valence-corrected chi connectivity index (χ1v) is 7.72. The monoisotopic (exact) mass is 305 g/mol. The Hall–Kier alpha value is -1.38. The van der Waals surface area contributed by atoms with Gasteiger partial charge in [0.25, 0.3) is 0 Å². The van der Waals surface area contributed by atoms with Crippen molar-refractivity contribution >= 4 is 11.6 Å². The van der Waals surface area contributed by atoms with Gasteiger partial charge in [-0.25, -0.2) is 4.39 Å². The Morgan fingerprint density at radius 2 is 1.95 bits per heavy atom. The lowest BCUT2D eigenvalue weighted by Gasteiger charge is -2.21. The average Bonchev–Trinajstić information content (AvgIpc) is 2.46. The van der Waals surface area contributed by atoms with Gasteiger partial charge in [0.15, 0.2) is 0 Å². The third-order valence-electron chi connectivity index (χ3n) is 3.65. The highest BCUT2D eigenvalue weighted by atomic mass is 35.5. The average molecular weight is 306 g/mol. The lowest BCUT2D eigenvalue weighted by molar-refractivity contribution is 0.527. The first-order valence-electron chi connectivity index (χ1n) is 7.34. The molecule has 1 nitrogen and oxygen atoms in total. The van der Waals surface area contributed by atoms with Crippen molar-refractivity contribution in [2.45, 2.75) is 32.7 Å². The highest BCUT2D eigenvalue weighted by molar-refractivity contribution is 6.31. The minimum atomic E-state index is -0.188. The van der Waals surface area contributed by atoms with Gasteiger partial charge in [-0.15, -0.1) is 0 Å². The van der Waals surface area contributed by atoms with Crippen molar-refractivity contribution < 1.29 is 4.39 Å². The summed E-state index contributed by atoms with van der Waals surface area (Å²) in [5.74, 6) is -0.188. The van der Waals surface area contributed by atoms with E-state index in [0.29, 0.717) is 0 Å². The molecule has 2 aromatic carbocycles. The van der Waals surface area contributed by atoms with Crippen LogP contribution in [0.4, 0.5) is 4.39 Å². The molecule has 0 aliphatic carbocycles. The maximum Gasteiger partial charge on any atom is 0.123 e. The molecule has 0 amide bonds. The smallest absolute Gasteiger partial charge is 0.123 e. The normalized spacial score (nSPS) is 12.4. The van der Waals surface area contributed by atoms with Gasteiger partial charge in [0.2, 0.25) is 0 Å². The number of aryl methyl sites for hydroxylation is 1. The molecule has 21 heavy (non-hydrogen) atoms.